The first-order valence-electron chi connectivity index (χ1n) is 12.5. The highest BCUT2D eigenvalue weighted by atomic mass is 32.2. The Balaban J connectivity index is 1.43. The molecule has 10 nitrogen and oxygen atoms in total. The predicted molar refractivity (Wildman–Crippen MR) is 147 cm³/mol. The number of anilines is 1. The van der Waals surface area contributed by atoms with Gasteiger partial charge in [-0.2, -0.15) is 13.1 Å². The van der Waals surface area contributed by atoms with Gasteiger partial charge in [-0.1, -0.05) is 60.7 Å². The Kier molecular flexibility index (Phi) is 9.00. The van der Waals surface area contributed by atoms with Crippen LogP contribution in [0.2, 0.25) is 0 Å². The lowest BCUT2D eigenvalue weighted by molar-refractivity contribution is -0.122. The normalized spacial score (nSPS) is 15.5. The number of nitrogens with zero attached hydrogens (tertiary/aromatic N) is 1. The number of unbranched alkanes of at least 4 members (excludes halogenated alkanes) is 1. The second-order valence-electron chi connectivity index (χ2n) is 9.13. The lowest BCUT2D eigenvalue weighted by Crippen LogP contribution is -2.48. The predicted octanol–water partition coefficient (Wildman–Crippen LogP) is 1.90. The highest BCUT2D eigenvalue weighted by Gasteiger charge is 2.34. The molecule has 0 spiro atoms. The van der Waals surface area contributed by atoms with Gasteiger partial charge in [0.05, 0.1) is 10.6 Å². The Hall–Kier alpha value is -3.74. The lowest BCUT2D eigenvalue weighted by Gasteiger charge is -2.20. The van der Waals surface area contributed by atoms with Crippen molar-refractivity contribution in [2.75, 3.05) is 17.4 Å². The summed E-state index contributed by atoms with van der Waals surface area (Å²) in [6, 6.07) is 22.9. The Morgan fingerprint density at radius 3 is 2.15 bits per heavy atom. The zero-order chi connectivity index (χ0) is 27.9. The van der Waals surface area contributed by atoms with Gasteiger partial charge in [-0.3, -0.25) is 9.59 Å². The molecule has 3 aromatic rings. The van der Waals surface area contributed by atoms with E-state index in [0.29, 0.717) is 12.1 Å². The van der Waals surface area contributed by atoms with Crippen molar-refractivity contribution in [1.82, 2.24) is 14.8 Å². The van der Waals surface area contributed by atoms with Gasteiger partial charge in [0, 0.05) is 6.54 Å². The van der Waals surface area contributed by atoms with Crippen LogP contribution in [0.15, 0.2) is 89.8 Å². The number of sulfonamides is 1. The number of carbonyl (C=O) groups is 2. The fourth-order valence-electron chi connectivity index (χ4n) is 4.19. The maximum Gasteiger partial charge on any atom is 0.326 e. The van der Waals surface area contributed by atoms with Gasteiger partial charge in [0.1, 0.15) is 12.6 Å². The van der Waals surface area contributed by atoms with Gasteiger partial charge >= 0.3 is 10.2 Å². The Morgan fingerprint density at radius 1 is 0.897 bits per heavy atom. The fourth-order valence-corrected chi connectivity index (χ4v) is 6.55. The molecule has 0 radical (unpaired) electrons. The summed E-state index contributed by atoms with van der Waals surface area (Å²) in [7, 11) is -7.93. The van der Waals surface area contributed by atoms with Crippen molar-refractivity contribution < 1.29 is 26.4 Å². The van der Waals surface area contributed by atoms with Crippen LogP contribution in [0.25, 0.3) is 0 Å². The third kappa shape index (κ3) is 7.65. The quantitative estimate of drug-likeness (QED) is 0.284. The molecule has 1 aliphatic rings. The lowest BCUT2D eigenvalue weighted by atomic mass is 10.1. The van der Waals surface area contributed by atoms with Crippen LogP contribution in [0.3, 0.4) is 0 Å². The van der Waals surface area contributed by atoms with Crippen molar-refractivity contribution >= 4 is 37.7 Å². The van der Waals surface area contributed by atoms with Crippen molar-refractivity contribution in [3.05, 3.63) is 96.1 Å². The molecule has 0 aliphatic carbocycles. The van der Waals surface area contributed by atoms with E-state index in [1.807, 2.05) is 35.1 Å². The topological polar surface area (TPSA) is 142 Å². The van der Waals surface area contributed by atoms with E-state index in [4.69, 9.17) is 0 Å². The molecule has 1 aliphatic heterocycles. The van der Waals surface area contributed by atoms with Crippen LogP contribution < -0.4 is 19.1 Å². The molecule has 4 rings (SSSR count). The largest absolute Gasteiger partial charge is 0.355 e. The van der Waals surface area contributed by atoms with E-state index in [2.05, 4.69) is 10.0 Å². The molecule has 206 valence electrons. The highest BCUT2D eigenvalue weighted by Crippen LogP contribution is 2.21. The standard InChI is InChI=1S/C27H30N4O6S2/c32-26-20-31(39(36,37)30-26)23-16-14-22(15-17-23)19-25(29-38(34,35)24-12-5-2-6-13-24)27(33)28-18-8-7-11-21-9-3-1-4-10-21/h1-6,9-10,12-17,25,29H,7-8,11,18-20H2,(H,28,33)(H,30,32). The molecule has 0 saturated carbocycles. The molecule has 39 heavy (non-hydrogen) atoms. The van der Waals surface area contributed by atoms with E-state index < -0.39 is 38.1 Å². The van der Waals surface area contributed by atoms with Crippen LogP contribution in [-0.4, -0.2) is 47.8 Å². The summed E-state index contributed by atoms with van der Waals surface area (Å²) >= 11 is 0. The second-order valence-corrected chi connectivity index (χ2v) is 12.4. The van der Waals surface area contributed by atoms with Crippen LogP contribution in [-0.2, 0) is 42.7 Å². The summed E-state index contributed by atoms with van der Waals surface area (Å²) in [5.41, 5.74) is 2.10. The monoisotopic (exact) mass is 570 g/mol. The first-order valence-corrected chi connectivity index (χ1v) is 15.4. The molecule has 2 amide bonds. The smallest absolute Gasteiger partial charge is 0.326 e. The van der Waals surface area contributed by atoms with E-state index >= 15 is 0 Å². The minimum absolute atomic E-state index is 0.0339. The van der Waals surface area contributed by atoms with Gasteiger partial charge in [-0.05, 0) is 61.1 Å². The molecule has 12 heteroatoms. The summed E-state index contributed by atoms with van der Waals surface area (Å²) < 4.78 is 55.6. The number of amides is 2. The van der Waals surface area contributed by atoms with E-state index in [1.165, 1.54) is 29.8 Å². The molecular weight excluding hydrogens is 540 g/mol. The average Bonchev–Trinajstić information content (AvgIpc) is 3.21. The first kappa shape index (κ1) is 28.3. The van der Waals surface area contributed by atoms with Crippen LogP contribution in [0.4, 0.5) is 5.69 Å². The Labute approximate surface area is 228 Å². The highest BCUT2D eigenvalue weighted by molar-refractivity contribution is 7.92. The number of nitrogens with one attached hydrogen (secondary N) is 3. The van der Waals surface area contributed by atoms with Crippen molar-refractivity contribution in [1.29, 1.82) is 0 Å². The fraction of sp³-hybridized carbons (Fsp3) is 0.259. The molecule has 1 fully saturated rings. The number of carbonyl (C=O) groups excluding carboxylic acids is 2. The van der Waals surface area contributed by atoms with Gasteiger partial charge in [-0.15, -0.1) is 0 Å². The summed E-state index contributed by atoms with van der Waals surface area (Å²) in [4.78, 5) is 24.7. The number of rotatable bonds is 12. The van der Waals surface area contributed by atoms with Crippen LogP contribution in [0, 0.1) is 0 Å². The SMILES string of the molecule is O=C1CN(c2ccc(CC(NS(=O)(=O)c3ccccc3)C(=O)NCCCCc3ccccc3)cc2)S(=O)(=O)N1. The van der Waals surface area contributed by atoms with Crippen molar-refractivity contribution in [2.24, 2.45) is 0 Å². The average molecular weight is 571 g/mol. The molecule has 1 saturated heterocycles. The van der Waals surface area contributed by atoms with Crippen LogP contribution >= 0.6 is 0 Å². The summed E-state index contributed by atoms with van der Waals surface area (Å²) in [5, 5.41) is 2.84. The minimum atomic E-state index is -3.98. The third-order valence-corrected chi connectivity index (χ3v) is 9.08. The maximum absolute atomic E-state index is 13.1. The summed E-state index contributed by atoms with van der Waals surface area (Å²) in [6.07, 6.45) is 2.50. The first-order chi connectivity index (χ1) is 18.6. The van der Waals surface area contributed by atoms with Crippen LogP contribution in [0.5, 0.6) is 0 Å². The Morgan fingerprint density at radius 2 is 1.54 bits per heavy atom. The summed E-state index contributed by atoms with van der Waals surface area (Å²) in [6.45, 7) is 0.0654. The molecule has 1 atom stereocenters. The zero-order valence-corrected chi connectivity index (χ0v) is 22.7. The molecule has 0 bridgehead atoms. The molecular formula is C27H30N4O6S2. The van der Waals surface area contributed by atoms with E-state index in [-0.39, 0.29) is 23.5 Å². The van der Waals surface area contributed by atoms with Crippen molar-refractivity contribution in [3.63, 3.8) is 0 Å². The van der Waals surface area contributed by atoms with E-state index in [0.717, 1.165) is 23.6 Å². The molecule has 3 aromatic carbocycles. The molecule has 1 unspecified atom stereocenters. The molecule has 3 N–H and O–H groups in total. The van der Waals surface area contributed by atoms with E-state index in [1.54, 1.807) is 30.3 Å². The summed E-state index contributed by atoms with van der Waals surface area (Å²) in [5.74, 6) is -1.09. The molecule has 1 heterocycles. The van der Waals surface area contributed by atoms with Gasteiger partial charge < -0.3 is 5.32 Å². The minimum Gasteiger partial charge on any atom is -0.355 e. The zero-order valence-electron chi connectivity index (χ0n) is 21.1. The second kappa shape index (κ2) is 12.4. The number of benzene rings is 3. The third-order valence-electron chi connectivity index (χ3n) is 6.19. The number of hydrogen-bond donors (Lipinski definition) is 3. The van der Waals surface area contributed by atoms with Gasteiger partial charge in [-0.25, -0.2) is 17.4 Å². The number of hydrogen-bond acceptors (Lipinski definition) is 6. The Bertz CT molecular complexity index is 1500. The van der Waals surface area contributed by atoms with Crippen LogP contribution in [0.1, 0.15) is 24.0 Å². The van der Waals surface area contributed by atoms with Crippen molar-refractivity contribution in [2.45, 2.75) is 36.6 Å². The van der Waals surface area contributed by atoms with Gasteiger partial charge in [0.2, 0.25) is 15.9 Å². The molecule has 0 aromatic heterocycles. The van der Waals surface area contributed by atoms with Crippen molar-refractivity contribution in [3.8, 4) is 0 Å². The van der Waals surface area contributed by atoms with Gasteiger partial charge in [0.15, 0.2) is 0 Å². The van der Waals surface area contributed by atoms with E-state index in [9.17, 15) is 26.4 Å². The number of aryl methyl sites for hydroxylation is 1. The maximum atomic E-state index is 13.1. The van der Waals surface area contributed by atoms with Gasteiger partial charge in [0.25, 0.3) is 5.91 Å².